The zero-order valence-electron chi connectivity index (χ0n) is 14.1. The molecule has 2 aliphatic heterocycles. The molecule has 0 saturated carbocycles. The Balaban J connectivity index is 1.63. The number of piperidine rings is 1. The van der Waals surface area contributed by atoms with Gasteiger partial charge in [-0.05, 0) is 44.5 Å². The van der Waals surface area contributed by atoms with Gasteiger partial charge in [-0.2, -0.15) is 0 Å². The first-order chi connectivity index (χ1) is 12.1. The molecular weight excluding hydrogens is 336 g/mol. The predicted molar refractivity (Wildman–Crippen MR) is 101 cm³/mol. The molecule has 25 heavy (non-hydrogen) atoms. The molecule has 1 aromatic heterocycles. The SMILES string of the molecule is C[C@@H]1CNc2c(sc3ccc(C(=O)NC4CCCNC4)cc23)C(=O)N1. The first kappa shape index (κ1) is 16.4. The van der Waals surface area contributed by atoms with Crippen molar-refractivity contribution in [2.45, 2.75) is 31.8 Å². The van der Waals surface area contributed by atoms with Gasteiger partial charge in [0.05, 0.1) is 5.69 Å². The van der Waals surface area contributed by atoms with Gasteiger partial charge in [-0.1, -0.05) is 0 Å². The van der Waals surface area contributed by atoms with Crippen LogP contribution in [0, 0.1) is 0 Å². The number of nitrogens with one attached hydrogen (secondary N) is 4. The lowest BCUT2D eigenvalue weighted by Gasteiger charge is -2.23. The number of benzene rings is 1. The van der Waals surface area contributed by atoms with E-state index in [1.165, 1.54) is 11.3 Å². The first-order valence-corrected chi connectivity index (χ1v) is 9.56. The third-order valence-electron chi connectivity index (χ3n) is 4.75. The van der Waals surface area contributed by atoms with E-state index in [-0.39, 0.29) is 23.9 Å². The molecule has 4 rings (SSSR count). The highest BCUT2D eigenvalue weighted by atomic mass is 32.1. The average Bonchev–Trinajstić information content (AvgIpc) is 2.92. The van der Waals surface area contributed by atoms with Gasteiger partial charge >= 0.3 is 0 Å². The summed E-state index contributed by atoms with van der Waals surface area (Å²) >= 11 is 1.46. The lowest BCUT2D eigenvalue weighted by Crippen LogP contribution is -2.45. The van der Waals surface area contributed by atoms with Crippen molar-refractivity contribution < 1.29 is 9.59 Å². The standard InChI is InChI=1S/C18H22N4O2S/c1-10-8-20-15-13-7-11(17(23)22-12-3-2-6-19-9-12)4-5-14(13)25-16(15)18(24)21-10/h4-5,7,10,12,19-20H,2-3,6,8-9H2,1H3,(H,21,24)(H,22,23)/t10-,12?/m1/s1. The van der Waals surface area contributed by atoms with Crippen molar-refractivity contribution in [2.75, 3.05) is 25.0 Å². The molecule has 0 spiro atoms. The number of thiophene rings is 1. The van der Waals surface area contributed by atoms with Crippen LogP contribution in [0.1, 0.15) is 39.8 Å². The fourth-order valence-electron chi connectivity index (χ4n) is 3.41. The number of rotatable bonds is 2. The van der Waals surface area contributed by atoms with Gasteiger partial charge in [-0.15, -0.1) is 11.3 Å². The van der Waals surface area contributed by atoms with Gasteiger partial charge in [0.15, 0.2) is 0 Å². The van der Waals surface area contributed by atoms with E-state index in [2.05, 4.69) is 21.3 Å². The molecule has 7 heteroatoms. The molecule has 0 aliphatic carbocycles. The Labute approximate surface area is 150 Å². The van der Waals surface area contributed by atoms with Gasteiger partial charge in [0.25, 0.3) is 11.8 Å². The van der Waals surface area contributed by atoms with E-state index in [1.807, 2.05) is 25.1 Å². The van der Waals surface area contributed by atoms with Crippen molar-refractivity contribution >= 4 is 38.9 Å². The van der Waals surface area contributed by atoms with Crippen molar-refractivity contribution in [1.82, 2.24) is 16.0 Å². The summed E-state index contributed by atoms with van der Waals surface area (Å²) < 4.78 is 1.01. The summed E-state index contributed by atoms with van der Waals surface area (Å²) in [6.07, 6.45) is 2.09. The molecule has 1 unspecified atom stereocenters. The van der Waals surface area contributed by atoms with Gasteiger partial charge in [-0.25, -0.2) is 0 Å². The molecule has 2 aromatic rings. The van der Waals surface area contributed by atoms with Gasteiger partial charge < -0.3 is 21.3 Å². The molecule has 2 amide bonds. The minimum atomic E-state index is -0.0537. The van der Waals surface area contributed by atoms with Crippen LogP contribution in [0.2, 0.25) is 0 Å². The van der Waals surface area contributed by atoms with E-state index in [9.17, 15) is 9.59 Å². The summed E-state index contributed by atoms with van der Waals surface area (Å²) in [5.74, 6) is -0.102. The summed E-state index contributed by atoms with van der Waals surface area (Å²) in [5.41, 5.74) is 1.48. The van der Waals surface area contributed by atoms with Crippen LogP contribution in [0.3, 0.4) is 0 Å². The average molecular weight is 358 g/mol. The highest BCUT2D eigenvalue weighted by Crippen LogP contribution is 2.37. The molecule has 132 valence electrons. The number of anilines is 1. The molecule has 0 bridgehead atoms. The molecular formula is C18H22N4O2S. The van der Waals surface area contributed by atoms with Crippen LogP contribution < -0.4 is 21.3 Å². The molecule has 1 aromatic carbocycles. The van der Waals surface area contributed by atoms with E-state index in [1.54, 1.807) is 0 Å². The third kappa shape index (κ3) is 3.21. The van der Waals surface area contributed by atoms with Gasteiger partial charge in [0.1, 0.15) is 4.88 Å². The lowest BCUT2D eigenvalue weighted by molar-refractivity contribution is 0.0927. The normalized spacial score (nSPS) is 23.3. The minimum Gasteiger partial charge on any atom is -0.381 e. The maximum absolute atomic E-state index is 12.6. The monoisotopic (exact) mass is 358 g/mol. The topological polar surface area (TPSA) is 82.3 Å². The largest absolute Gasteiger partial charge is 0.381 e. The van der Waals surface area contributed by atoms with E-state index < -0.39 is 0 Å². The van der Waals surface area contributed by atoms with E-state index in [4.69, 9.17) is 0 Å². The molecule has 2 atom stereocenters. The van der Waals surface area contributed by atoms with Crippen LogP contribution in [-0.4, -0.2) is 43.5 Å². The van der Waals surface area contributed by atoms with E-state index in [0.29, 0.717) is 17.0 Å². The number of amides is 2. The molecule has 3 heterocycles. The van der Waals surface area contributed by atoms with Crippen LogP contribution in [-0.2, 0) is 0 Å². The van der Waals surface area contributed by atoms with Crippen LogP contribution in [0.4, 0.5) is 5.69 Å². The molecule has 1 fully saturated rings. The highest BCUT2D eigenvalue weighted by Gasteiger charge is 2.24. The summed E-state index contributed by atoms with van der Waals surface area (Å²) in [7, 11) is 0. The Morgan fingerprint density at radius 3 is 3.00 bits per heavy atom. The van der Waals surface area contributed by atoms with Crippen LogP contribution >= 0.6 is 11.3 Å². The maximum atomic E-state index is 12.6. The van der Waals surface area contributed by atoms with Crippen molar-refractivity contribution in [3.05, 3.63) is 28.6 Å². The minimum absolute atomic E-state index is 0.0482. The van der Waals surface area contributed by atoms with Crippen molar-refractivity contribution in [3.63, 3.8) is 0 Å². The summed E-state index contributed by atoms with van der Waals surface area (Å²) in [6.45, 7) is 4.49. The van der Waals surface area contributed by atoms with Crippen LogP contribution in [0.25, 0.3) is 10.1 Å². The van der Waals surface area contributed by atoms with Crippen LogP contribution in [0.5, 0.6) is 0 Å². The molecule has 1 saturated heterocycles. The molecule has 4 N–H and O–H groups in total. The maximum Gasteiger partial charge on any atom is 0.263 e. The lowest BCUT2D eigenvalue weighted by atomic mass is 10.1. The quantitative estimate of drug-likeness (QED) is 0.661. The van der Waals surface area contributed by atoms with E-state index in [0.717, 1.165) is 41.7 Å². The van der Waals surface area contributed by atoms with Crippen LogP contribution in [0.15, 0.2) is 18.2 Å². The number of hydrogen-bond acceptors (Lipinski definition) is 5. The van der Waals surface area contributed by atoms with Crippen molar-refractivity contribution in [2.24, 2.45) is 0 Å². The second-order valence-electron chi connectivity index (χ2n) is 6.79. The second kappa shape index (κ2) is 6.65. The molecule has 0 radical (unpaired) electrons. The van der Waals surface area contributed by atoms with E-state index >= 15 is 0 Å². The Bertz CT molecular complexity index is 826. The number of carbonyl (C=O) groups excluding carboxylic acids is 2. The Kier molecular flexibility index (Phi) is 4.35. The van der Waals surface area contributed by atoms with Crippen molar-refractivity contribution in [3.8, 4) is 0 Å². The number of hydrogen-bond donors (Lipinski definition) is 4. The molecule has 2 aliphatic rings. The summed E-state index contributed by atoms with van der Waals surface area (Å²) in [6, 6.07) is 5.92. The fraction of sp³-hybridized carbons (Fsp3) is 0.444. The Hall–Kier alpha value is -2.12. The zero-order valence-corrected chi connectivity index (χ0v) is 15.0. The van der Waals surface area contributed by atoms with Gasteiger partial charge in [-0.3, -0.25) is 9.59 Å². The summed E-state index contributed by atoms with van der Waals surface area (Å²) in [4.78, 5) is 25.6. The third-order valence-corrected chi connectivity index (χ3v) is 5.92. The second-order valence-corrected chi connectivity index (χ2v) is 7.84. The Morgan fingerprint density at radius 2 is 2.20 bits per heavy atom. The fourth-order valence-corrected chi connectivity index (χ4v) is 4.48. The smallest absolute Gasteiger partial charge is 0.263 e. The molecule has 6 nitrogen and oxygen atoms in total. The van der Waals surface area contributed by atoms with Crippen molar-refractivity contribution in [1.29, 1.82) is 0 Å². The number of fused-ring (bicyclic) bond motifs is 3. The number of carbonyl (C=O) groups is 2. The first-order valence-electron chi connectivity index (χ1n) is 8.74. The van der Waals surface area contributed by atoms with Gasteiger partial charge in [0.2, 0.25) is 0 Å². The Morgan fingerprint density at radius 1 is 1.32 bits per heavy atom. The predicted octanol–water partition coefficient (Wildman–Crippen LogP) is 1.93. The van der Waals surface area contributed by atoms with Gasteiger partial charge in [0, 0.05) is 40.8 Å². The summed E-state index contributed by atoms with van der Waals surface area (Å²) in [5, 5.41) is 13.7. The highest BCUT2D eigenvalue weighted by molar-refractivity contribution is 7.21. The zero-order chi connectivity index (χ0) is 17.4.